The third-order valence-corrected chi connectivity index (χ3v) is 5.57. The number of nitrogens with one attached hydrogen (secondary N) is 1. The number of piperidine rings is 1. The van der Waals surface area contributed by atoms with E-state index in [2.05, 4.69) is 22.3 Å². The van der Waals surface area contributed by atoms with Crippen LogP contribution in [0, 0.1) is 5.92 Å². The van der Waals surface area contributed by atoms with E-state index in [1.165, 1.54) is 0 Å². The van der Waals surface area contributed by atoms with Gasteiger partial charge in [-0.25, -0.2) is 0 Å². The van der Waals surface area contributed by atoms with E-state index in [1.807, 2.05) is 42.5 Å². The number of likely N-dealkylation sites (tertiary alicyclic amines) is 1. The second kappa shape index (κ2) is 9.14. The number of carbonyl (C=O) groups is 1. The molecule has 5 heteroatoms. The Morgan fingerprint density at radius 3 is 2.83 bits per heavy atom. The number of benzene rings is 2. The Balaban J connectivity index is 1.25. The smallest absolute Gasteiger partial charge is 0.224 e. The molecule has 152 valence electrons. The van der Waals surface area contributed by atoms with Gasteiger partial charge in [-0.2, -0.15) is 0 Å². The maximum Gasteiger partial charge on any atom is 0.224 e. The molecule has 0 aliphatic carbocycles. The molecule has 1 fully saturated rings. The topological polar surface area (TPSA) is 54.7 Å². The zero-order valence-electron chi connectivity index (χ0n) is 16.9. The van der Waals surface area contributed by atoms with Crippen molar-refractivity contribution in [2.75, 3.05) is 26.7 Å². The molecule has 1 atom stereocenters. The summed E-state index contributed by atoms with van der Waals surface area (Å²) >= 11 is 0. The van der Waals surface area contributed by atoms with E-state index < -0.39 is 0 Å². The maximum atomic E-state index is 12.3. The van der Waals surface area contributed by atoms with Gasteiger partial charge in [-0.15, -0.1) is 0 Å². The Morgan fingerprint density at radius 1 is 1.21 bits per heavy atom. The first-order chi connectivity index (χ1) is 14.2. The normalized spacial score (nSPS) is 17.3. The predicted molar refractivity (Wildman–Crippen MR) is 114 cm³/mol. The number of furan rings is 1. The van der Waals surface area contributed by atoms with Gasteiger partial charge in [-0.1, -0.05) is 30.3 Å². The molecule has 1 aliphatic rings. The fourth-order valence-electron chi connectivity index (χ4n) is 4.05. The average Bonchev–Trinajstić information content (AvgIpc) is 3.15. The lowest BCUT2D eigenvalue weighted by Crippen LogP contribution is -2.40. The molecule has 1 aliphatic heterocycles. The first kappa shape index (κ1) is 19.5. The van der Waals surface area contributed by atoms with Crippen molar-refractivity contribution in [3.05, 3.63) is 65.9 Å². The minimum Gasteiger partial charge on any atom is -0.497 e. The fourth-order valence-corrected chi connectivity index (χ4v) is 4.05. The summed E-state index contributed by atoms with van der Waals surface area (Å²) in [4.78, 5) is 14.7. The number of amides is 1. The van der Waals surface area contributed by atoms with Crippen molar-refractivity contribution in [3.8, 4) is 5.75 Å². The first-order valence-corrected chi connectivity index (χ1v) is 10.3. The van der Waals surface area contributed by atoms with Crippen LogP contribution in [0.15, 0.2) is 59.0 Å². The van der Waals surface area contributed by atoms with Crippen molar-refractivity contribution in [1.29, 1.82) is 0 Å². The summed E-state index contributed by atoms with van der Waals surface area (Å²) in [6.07, 6.45) is 2.71. The molecule has 5 nitrogen and oxygen atoms in total. The van der Waals surface area contributed by atoms with Crippen molar-refractivity contribution < 1.29 is 13.9 Å². The van der Waals surface area contributed by atoms with Crippen molar-refractivity contribution in [2.45, 2.75) is 25.8 Å². The van der Waals surface area contributed by atoms with Gasteiger partial charge in [0.2, 0.25) is 5.91 Å². The first-order valence-electron chi connectivity index (χ1n) is 10.3. The maximum absolute atomic E-state index is 12.3. The number of hydrogen-bond donors (Lipinski definition) is 1. The minimum absolute atomic E-state index is 0.0737. The number of fused-ring (bicyclic) bond motifs is 1. The van der Waals surface area contributed by atoms with E-state index >= 15 is 0 Å². The van der Waals surface area contributed by atoms with Gasteiger partial charge in [0.1, 0.15) is 17.1 Å². The molecule has 0 bridgehead atoms. The number of ether oxygens (including phenoxy) is 1. The lowest BCUT2D eigenvalue weighted by atomic mass is 9.97. The molecular weight excluding hydrogens is 364 g/mol. The zero-order chi connectivity index (χ0) is 20.1. The molecule has 0 saturated carbocycles. The fraction of sp³-hybridized carbons (Fsp3) is 0.375. The molecule has 2 heterocycles. The van der Waals surface area contributed by atoms with Gasteiger partial charge < -0.3 is 14.5 Å². The average molecular weight is 392 g/mol. The molecule has 0 spiro atoms. The van der Waals surface area contributed by atoms with Gasteiger partial charge in [0.05, 0.1) is 20.1 Å². The number of carbonyl (C=O) groups excluding carboxylic acids is 1. The van der Waals surface area contributed by atoms with Gasteiger partial charge in [-0.05, 0) is 55.1 Å². The van der Waals surface area contributed by atoms with Gasteiger partial charge in [0.15, 0.2) is 0 Å². The van der Waals surface area contributed by atoms with E-state index in [1.54, 1.807) is 7.11 Å². The van der Waals surface area contributed by atoms with Gasteiger partial charge >= 0.3 is 0 Å². The van der Waals surface area contributed by atoms with Crippen LogP contribution in [-0.4, -0.2) is 37.6 Å². The van der Waals surface area contributed by atoms with Crippen LogP contribution in [0.5, 0.6) is 5.75 Å². The van der Waals surface area contributed by atoms with Crippen LogP contribution in [0.1, 0.15) is 24.2 Å². The number of methoxy groups -OCH3 is 1. The molecule has 1 saturated heterocycles. The second-order valence-corrected chi connectivity index (χ2v) is 7.82. The zero-order valence-corrected chi connectivity index (χ0v) is 16.9. The molecule has 2 aromatic carbocycles. The van der Waals surface area contributed by atoms with Crippen LogP contribution in [0.2, 0.25) is 0 Å². The molecule has 1 amide bonds. The summed E-state index contributed by atoms with van der Waals surface area (Å²) in [5.74, 6) is 2.37. The third kappa shape index (κ3) is 5.18. The molecule has 0 radical (unpaired) electrons. The molecule has 1 N–H and O–H groups in total. The van der Waals surface area contributed by atoms with Crippen molar-refractivity contribution in [1.82, 2.24) is 10.2 Å². The summed E-state index contributed by atoms with van der Waals surface area (Å²) in [5.41, 5.74) is 1.94. The summed E-state index contributed by atoms with van der Waals surface area (Å²) < 4.78 is 11.1. The van der Waals surface area contributed by atoms with Crippen LogP contribution in [0.3, 0.4) is 0 Å². The van der Waals surface area contributed by atoms with Crippen LogP contribution in [-0.2, 0) is 17.8 Å². The molecule has 0 unspecified atom stereocenters. The van der Waals surface area contributed by atoms with Crippen molar-refractivity contribution >= 4 is 16.9 Å². The van der Waals surface area contributed by atoms with Crippen molar-refractivity contribution in [3.63, 3.8) is 0 Å². The predicted octanol–water partition coefficient (Wildman–Crippen LogP) is 4.01. The summed E-state index contributed by atoms with van der Waals surface area (Å²) in [6.45, 7) is 3.61. The lowest BCUT2D eigenvalue weighted by molar-refractivity contribution is -0.120. The van der Waals surface area contributed by atoms with E-state index in [9.17, 15) is 4.79 Å². The van der Waals surface area contributed by atoms with E-state index in [0.717, 1.165) is 67.1 Å². The van der Waals surface area contributed by atoms with E-state index in [-0.39, 0.29) is 5.91 Å². The highest BCUT2D eigenvalue weighted by atomic mass is 16.5. The van der Waals surface area contributed by atoms with E-state index in [4.69, 9.17) is 9.15 Å². The molecular formula is C24H28N2O3. The van der Waals surface area contributed by atoms with Gasteiger partial charge in [-0.3, -0.25) is 9.69 Å². The Kier molecular flexibility index (Phi) is 6.15. The summed E-state index contributed by atoms with van der Waals surface area (Å²) in [5, 5.41) is 4.27. The molecule has 3 aromatic rings. The molecule has 29 heavy (non-hydrogen) atoms. The molecule has 4 rings (SSSR count). The van der Waals surface area contributed by atoms with Crippen LogP contribution >= 0.6 is 0 Å². The highest BCUT2D eigenvalue weighted by Gasteiger charge is 2.21. The lowest BCUT2D eigenvalue weighted by Gasteiger charge is -2.32. The largest absolute Gasteiger partial charge is 0.497 e. The van der Waals surface area contributed by atoms with Gasteiger partial charge in [0, 0.05) is 18.5 Å². The Labute approximate surface area is 171 Å². The van der Waals surface area contributed by atoms with Crippen LogP contribution in [0.4, 0.5) is 0 Å². The Morgan fingerprint density at radius 2 is 2.03 bits per heavy atom. The van der Waals surface area contributed by atoms with Crippen molar-refractivity contribution in [2.24, 2.45) is 5.92 Å². The number of para-hydroxylation sites is 1. The highest BCUT2D eigenvalue weighted by molar-refractivity contribution is 5.78. The standard InChI is InChI=1S/C24H28N2O3/c1-28-21-10-8-18(9-11-21)13-24(27)25-15-19-5-4-12-26(16-19)17-22-14-20-6-2-3-7-23(20)29-22/h2-3,6-11,14,19H,4-5,12-13,15-17H2,1H3,(H,25,27)/t19-/m0/s1. The SMILES string of the molecule is COc1ccc(CC(=O)NC[C@@H]2CCCN(Cc3cc4ccccc4o3)C2)cc1. The minimum atomic E-state index is 0.0737. The number of nitrogens with zero attached hydrogens (tertiary/aromatic N) is 1. The highest BCUT2D eigenvalue weighted by Crippen LogP contribution is 2.23. The quantitative estimate of drug-likeness (QED) is 0.660. The van der Waals surface area contributed by atoms with E-state index in [0.29, 0.717) is 12.3 Å². The summed E-state index contributed by atoms with van der Waals surface area (Å²) in [7, 11) is 1.64. The van der Waals surface area contributed by atoms with Crippen LogP contribution < -0.4 is 10.1 Å². The van der Waals surface area contributed by atoms with Crippen LogP contribution in [0.25, 0.3) is 11.0 Å². The molecule has 1 aromatic heterocycles. The Hall–Kier alpha value is -2.79. The van der Waals surface area contributed by atoms with Gasteiger partial charge in [0.25, 0.3) is 0 Å². The third-order valence-electron chi connectivity index (χ3n) is 5.57. The number of hydrogen-bond acceptors (Lipinski definition) is 4. The summed E-state index contributed by atoms with van der Waals surface area (Å²) in [6, 6.07) is 17.9. The monoisotopic (exact) mass is 392 g/mol. The second-order valence-electron chi connectivity index (χ2n) is 7.82. The number of rotatable bonds is 7. The Bertz CT molecular complexity index is 915.